The van der Waals surface area contributed by atoms with Gasteiger partial charge in [-0.25, -0.2) is 4.79 Å². The number of ether oxygens (including phenoxy) is 1. The molecule has 1 fully saturated rings. The van der Waals surface area contributed by atoms with Gasteiger partial charge in [0.2, 0.25) is 0 Å². The van der Waals surface area contributed by atoms with Crippen molar-refractivity contribution in [1.82, 2.24) is 9.55 Å². The Kier molecular flexibility index (Phi) is 3.43. The van der Waals surface area contributed by atoms with Crippen LogP contribution in [0.25, 0.3) is 0 Å². The number of rotatable bonds is 2. The van der Waals surface area contributed by atoms with E-state index in [2.05, 4.69) is 31.1 Å². The molecule has 4 atom stereocenters. The summed E-state index contributed by atoms with van der Waals surface area (Å²) in [6.07, 6.45) is 1.79. The summed E-state index contributed by atoms with van der Waals surface area (Å²) >= 11 is 0. The Bertz CT molecular complexity index is 497. The molecular formula is C13H21N3O2. The number of hydrogen-bond donors (Lipinski definition) is 1. The van der Waals surface area contributed by atoms with Crippen molar-refractivity contribution in [1.29, 1.82) is 0 Å². The summed E-state index contributed by atoms with van der Waals surface area (Å²) in [4.78, 5) is 16.1. The van der Waals surface area contributed by atoms with Crippen LogP contribution in [0.5, 0.6) is 0 Å². The van der Waals surface area contributed by atoms with Gasteiger partial charge in [-0.1, -0.05) is 13.8 Å². The Morgan fingerprint density at radius 2 is 2.00 bits per heavy atom. The largest absolute Gasteiger partial charge is 0.373 e. The highest BCUT2D eigenvalue weighted by molar-refractivity contribution is 5.40. The van der Waals surface area contributed by atoms with E-state index in [-0.39, 0.29) is 18.0 Å². The predicted molar refractivity (Wildman–Crippen MR) is 70.7 cm³/mol. The highest BCUT2D eigenvalue weighted by atomic mass is 16.5. The third-order valence-electron chi connectivity index (χ3n) is 4.02. The number of aromatic nitrogens is 2. The first-order valence-corrected chi connectivity index (χ1v) is 6.38. The first-order valence-electron chi connectivity index (χ1n) is 6.38. The molecule has 0 saturated carbocycles. The molecule has 100 valence electrons. The first kappa shape index (κ1) is 13.1. The molecular weight excluding hydrogens is 230 g/mol. The summed E-state index contributed by atoms with van der Waals surface area (Å²) in [6.45, 7) is 8.25. The normalized spacial score (nSPS) is 31.6. The van der Waals surface area contributed by atoms with Crippen LogP contribution in [0.2, 0.25) is 0 Å². The number of aryl methyl sites for hydroxylation is 1. The van der Waals surface area contributed by atoms with Crippen LogP contribution >= 0.6 is 0 Å². The van der Waals surface area contributed by atoms with Crippen LogP contribution in [0.4, 0.5) is 5.82 Å². The van der Waals surface area contributed by atoms with Gasteiger partial charge in [-0.15, -0.1) is 0 Å². The maximum atomic E-state index is 12.0. The van der Waals surface area contributed by atoms with E-state index < -0.39 is 0 Å². The van der Waals surface area contributed by atoms with E-state index in [0.717, 1.165) is 5.56 Å². The molecule has 0 aliphatic carbocycles. The van der Waals surface area contributed by atoms with Gasteiger partial charge in [-0.05, 0) is 19.8 Å². The first-order chi connectivity index (χ1) is 8.45. The molecule has 1 aromatic rings. The molecule has 1 aliphatic heterocycles. The fourth-order valence-corrected chi connectivity index (χ4v) is 2.48. The lowest BCUT2D eigenvalue weighted by molar-refractivity contribution is -0.00757. The number of nitrogens with zero attached hydrogens (tertiary/aromatic N) is 2. The van der Waals surface area contributed by atoms with E-state index in [4.69, 9.17) is 4.74 Å². The van der Waals surface area contributed by atoms with Crippen LogP contribution < -0.4 is 11.0 Å². The molecule has 0 amide bonds. The van der Waals surface area contributed by atoms with Crippen molar-refractivity contribution in [3.8, 4) is 0 Å². The molecule has 1 N–H and O–H groups in total. The van der Waals surface area contributed by atoms with Crippen LogP contribution in [0.1, 0.15) is 32.6 Å². The highest BCUT2D eigenvalue weighted by Gasteiger charge is 2.38. The molecule has 0 radical (unpaired) electrons. The molecule has 18 heavy (non-hydrogen) atoms. The number of hydrogen-bond acceptors (Lipinski definition) is 4. The SMILES string of the molecule is CNc1nc(=O)n(C2OC(C)C(C)C2C)cc1C. The summed E-state index contributed by atoms with van der Waals surface area (Å²) in [5.74, 6) is 1.37. The quantitative estimate of drug-likeness (QED) is 0.870. The zero-order chi connectivity index (χ0) is 13.4. The van der Waals surface area contributed by atoms with E-state index in [1.807, 2.05) is 13.1 Å². The van der Waals surface area contributed by atoms with Gasteiger partial charge in [0, 0.05) is 24.7 Å². The van der Waals surface area contributed by atoms with E-state index >= 15 is 0 Å². The van der Waals surface area contributed by atoms with Crippen molar-refractivity contribution in [2.75, 3.05) is 12.4 Å². The van der Waals surface area contributed by atoms with Gasteiger partial charge < -0.3 is 10.1 Å². The van der Waals surface area contributed by atoms with Crippen LogP contribution in [0.3, 0.4) is 0 Å². The fraction of sp³-hybridized carbons (Fsp3) is 0.692. The molecule has 2 heterocycles. The van der Waals surface area contributed by atoms with Gasteiger partial charge in [0.1, 0.15) is 12.0 Å². The minimum absolute atomic E-state index is 0.168. The van der Waals surface area contributed by atoms with Gasteiger partial charge in [-0.3, -0.25) is 4.57 Å². The second-order valence-electron chi connectivity index (χ2n) is 5.16. The third-order valence-corrected chi connectivity index (χ3v) is 4.02. The lowest BCUT2D eigenvalue weighted by atomic mass is 9.93. The molecule has 5 nitrogen and oxygen atoms in total. The summed E-state index contributed by atoms with van der Waals surface area (Å²) < 4.78 is 7.50. The zero-order valence-electron chi connectivity index (χ0n) is 11.6. The van der Waals surface area contributed by atoms with Crippen molar-refractivity contribution in [2.24, 2.45) is 11.8 Å². The topological polar surface area (TPSA) is 56.2 Å². The fourth-order valence-electron chi connectivity index (χ4n) is 2.48. The van der Waals surface area contributed by atoms with Crippen LogP contribution in [0, 0.1) is 18.8 Å². The lowest BCUT2D eigenvalue weighted by Crippen LogP contribution is -2.30. The van der Waals surface area contributed by atoms with Crippen molar-refractivity contribution in [2.45, 2.75) is 40.0 Å². The minimum Gasteiger partial charge on any atom is -0.373 e. The summed E-state index contributed by atoms with van der Waals surface area (Å²) in [5, 5.41) is 2.92. The molecule has 1 aromatic heterocycles. The van der Waals surface area contributed by atoms with Gasteiger partial charge in [0.25, 0.3) is 0 Å². The van der Waals surface area contributed by atoms with E-state index in [0.29, 0.717) is 17.7 Å². The Balaban J connectivity index is 2.41. The Morgan fingerprint density at radius 3 is 2.50 bits per heavy atom. The van der Waals surface area contributed by atoms with Crippen molar-refractivity contribution in [3.05, 3.63) is 22.2 Å². The van der Waals surface area contributed by atoms with Crippen LogP contribution in [0.15, 0.2) is 11.0 Å². The molecule has 2 rings (SSSR count). The zero-order valence-corrected chi connectivity index (χ0v) is 11.6. The van der Waals surface area contributed by atoms with Gasteiger partial charge >= 0.3 is 5.69 Å². The molecule has 0 aromatic carbocycles. The van der Waals surface area contributed by atoms with E-state index in [9.17, 15) is 4.79 Å². The Morgan fingerprint density at radius 1 is 1.33 bits per heavy atom. The second kappa shape index (κ2) is 4.72. The second-order valence-corrected chi connectivity index (χ2v) is 5.16. The summed E-state index contributed by atoms with van der Waals surface area (Å²) in [7, 11) is 1.76. The Labute approximate surface area is 107 Å². The van der Waals surface area contributed by atoms with Gasteiger partial charge in [-0.2, -0.15) is 4.98 Å². The molecule has 1 saturated heterocycles. The average molecular weight is 251 g/mol. The lowest BCUT2D eigenvalue weighted by Gasteiger charge is -2.19. The maximum Gasteiger partial charge on any atom is 0.351 e. The molecule has 5 heteroatoms. The summed E-state index contributed by atoms with van der Waals surface area (Å²) in [6, 6.07) is 0. The predicted octanol–water partition coefficient (Wildman–Crippen LogP) is 1.78. The standard InChI is InChI=1S/C13H21N3O2/c1-7-6-16(13(17)15-11(7)14-5)12-9(3)8(2)10(4)18-12/h6,8-10,12H,1-5H3,(H,14,15,17). The molecule has 1 aliphatic rings. The summed E-state index contributed by atoms with van der Waals surface area (Å²) in [5.41, 5.74) is 0.684. The van der Waals surface area contributed by atoms with Crippen molar-refractivity contribution < 1.29 is 4.74 Å². The minimum atomic E-state index is -0.261. The van der Waals surface area contributed by atoms with Crippen molar-refractivity contribution >= 4 is 5.82 Å². The smallest absolute Gasteiger partial charge is 0.351 e. The molecule has 0 spiro atoms. The van der Waals surface area contributed by atoms with Gasteiger partial charge in [0.15, 0.2) is 0 Å². The number of nitrogens with one attached hydrogen (secondary N) is 1. The maximum absolute atomic E-state index is 12.0. The molecule has 4 unspecified atom stereocenters. The van der Waals surface area contributed by atoms with Gasteiger partial charge in [0.05, 0.1) is 6.10 Å². The average Bonchev–Trinajstić information content (AvgIpc) is 2.59. The van der Waals surface area contributed by atoms with Crippen LogP contribution in [-0.2, 0) is 4.74 Å². The van der Waals surface area contributed by atoms with E-state index in [1.54, 1.807) is 11.6 Å². The highest BCUT2D eigenvalue weighted by Crippen LogP contribution is 2.37. The van der Waals surface area contributed by atoms with Crippen molar-refractivity contribution in [3.63, 3.8) is 0 Å². The number of anilines is 1. The Hall–Kier alpha value is -1.36. The monoisotopic (exact) mass is 251 g/mol. The third kappa shape index (κ3) is 2.03. The van der Waals surface area contributed by atoms with Crippen LogP contribution in [-0.4, -0.2) is 22.7 Å². The van der Waals surface area contributed by atoms with E-state index in [1.165, 1.54) is 0 Å². The molecule has 0 bridgehead atoms.